The minimum atomic E-state index is -3.10. The second kappa shape index (κ2) is 8.80. The van der Waals surface area contributed by atoms with Crippen LogP contribution in [-0.2, 0) is 14.8 Å². The number of aliphatic imine (C=N–C) groups is 1. The Bertz CT molecular complexity index is 825. The van der Waals surface area contributed by atoms with Crippen LogP contribution in [0.3, 0.4) is 0 Å². The van der Waals surface area contributed by atoms with Gasteiger partial charge in [0.2, 0.25) is 10.0 Å². The Morgan fingerprint density at radius 1 is 1.29 bits per heavy atom. The SMILES string of the molecule is CN=C(NCC1CCN(S(C)(=O)=O)C1)N1CCOC(c2ccc(C)cc2C)C1. The number of ether oxygens (including phenoxy) is 1. The Balaban J connectivity index is 1.58. The third-order valence-electron chi connectivity index (χ3n) is 5.62. The molecule has 1 aromatic carbocycles. The Labute approximate surface area is 168 Å². The van der Waals surface area contributed by atoms with Crippen molar-refractivity contribution in [1.82, 2.24) is 14.5 Å². The van der Waals surface area contributed by atoms with E-state index in [2.05, 4.69) is 47.3 Å². The van der Waals surface area contributed by atoms with Crippen LogP contribution in [0.15, 0.2) is 23.2 Å². The van der Waals surface area contributed by atoms with E-state index in [0.717, 1.165) is 32.0 Å². The van der Waals surface area contributed by atoms with Crippen LogP contribution in [0.4, 0.5) is 0 Å². The largest absolute Gasteiger partial charge is 0.370 e. The average molecular weight is 409 g/mol. The summed E-state index contributed by atoms with van der Waals surface area (Å²) in [6, 6.07) is 6.48. The number of guanidine groups is 1. The summed E-state index contributed by atoms with van der Waals surface area (Å²) >= 11 is 0. The molecule has 156 valence electrons. The smallest absolute Gasteiger partial charge is 0.211 e. The number of morpholine rings is 1. The molecule has 8 heteroatoms. The van der Waals surface area contributed by atoms with E-state index in [1.54, 1.807) is 11.4 Å². The van der Waals surface area contributed by atoms with Crippen molar-refractivity contribution in [2.24, 2.45) is 10.9 Å². The Morgan fingerprint density at radius 3 is 2.71 bits per heavy atom. The number of rotatable bonds is 4. The lowest BCUT2D eigenvalue weighted by molar-refractivity contribution is -0.00836. The molecule has 0 aliphatic carbocycles. The number of aryl methyl sites for hydroxylation is 2. The zero-order valence-corrected chi connectivity index (χ0v) is 18.1. The van der Waals surface area contributed by atoms with Crippen molar-refractivity contribution in [2.75, 3.05) is 52.6 Å². The van der Waals surface area contributed by atoms with Gasteiger partial charge < -0.3 is 15.0 Å². The number of nitrogens with zero attached hydrogens (tertiary/aromatic N) is 3. The fraction of sp³-hybridized carbons (Fsp3) is 0.650. The molecule has 0 saturated carbocycles. The zero-order valence-electron chi connectivity index (χ0n) is 17.3. The molecule has 2 unspecified atom stereocenters. The summed E-state index contributed by atoms with van der Waals surface area (Å²) in [5.41, 5.74) is 3.73. The second-order valence-corrected chi connectivity index (χ2v) is 9.85. The summed E-state index contributed by atoms with van der Waals surface area (Å²) < 4.78 is 31.0. The summed E-state index contributed by atoms with van der Waals surface area (Å²) in [6.07, 6.45) is 2.19. The van der Waals surface area contributed by atoms with Crippen LogP contribution in [0.25, 0.3) is 0 Å². The summed E-state index contributed by atoms with van der Waals surface area (Å²) in [7, 11) is -1.30. The van der Waals surface area contributed by atoms with Crippen molar-refractivity contribution in [1.29, 1.82) is 0 Å². The highest BCUT2D eigenvalue weighted by Crippen LogP contribution is 2.26. The van der Waals surface area contributed by atoms with Gasteiger partial charge in [0.05, 0.1) is 19.4 Å². The predicted molar refractivity (Wildman–Crippen MR) is 112 cm³/mol. The molecule has 0 amide bonds. The lowest BCUT2D eigenvalue weighted by Crippen LogP contribution is -2.49. The highest BCUT2D eigenvalue weighted by atomic mass is 32.2. The minimum absolute atomic E-state index is 0.0279. The van der Waals surface area contributed by atoms with Crippen molar-refractivity contribution in [2.45, 2.75) is 26.4 Å². The maximum Gasteiger partial charge on any atom is 0.211 e. The van der Waals surface area contributed by atoms with Gasteiger partial charge in [-0.1, -0.05) is 23.8 Å². The summed E-state index contributed by atoms with van der Waals surface area (Å²) in [5, 5.41) is 3.45. The quantitative estimate of drug-likeness (QED) is 0.604. The number of hydrogen-bond acceptors (Lipinski definition) is 4. The van der Waals surface area contributed by atoms with Crippen LogP contribution in [0.5, 0.6) is 0 Å². The molecule has 1 N–H and O–H groups in total. The Morgan fingerprint density at radius 2 is 2.07 bits per heavy atom. The van der Waals surface area contributed by atoms with Gasteiger partial charge in [0.1, 0.15) is 6.10 Å². The predicted octanol–water partition coefficient (Wildman–Crippen LogP) is 1.53. The van der Waals surface area contributed by atoms with Gasteiger partial charge in [-0.3, -0.25) is 4.99 Å². The fourth-order valence-electron chi connectivity index (χ4n) is 4.05. The van der Waals surface area contributed by atoms with E-state index >= 15 is 0 Å². The molecule has 0 aromatic heterocycles. The Hall–Kier alpha value is -1.64. The van der Waals surface area contributed by atoms with Gasteiger partial charge in [0.15, 0.2) is 5.96 Å². The second-order valence-electron chi connectivity index (χ2n) is 7.87. The van der Waals surface area contributed by atoms with Gasteiger partial charge in [-0.25, -0.2) is 12.7 Å². The van der Waals surface area contributed by atoms with E-state index in [9.17, 15) is 8.42 Å². The molecule has 2 aliphatic rings. The lowest BCUT2D eigenvalue weighted by atomic mass is 10.00. The van der Waals surface area contributed by atoms with E-state index < -0.39 is 10.0 Å². The van der Waals surface area contributed by atoms with Crippen molar-refractivity contribution in [3.63, 3.8) is 0 Å². The molecule has 2 heterocycles. The van der Waals surface area contributed by atoms with Crippen molar-refractivity contribution in [3.05, 3.63) is 34.9 Å². The van der Waals surface area contributed by atoms with Crippen LogP contribution < -0.4 is 5.32 Å². The lowest BCUT2D eigenvalue weighted by Gasteiger charge is -2.36. The normalized spacial score (nSPS) is 24.6. The van der Waals surface area contributed by atoms with Crippen molar-refractivity contribution < 1.29 is 13.2 Å². The molecular weight excluding hydrogens is 376 g/mol. The van der Waals surface area contributed by atoms with E-state index in [4.69, 9.17) is 4.74 Å². The number of benzene rings is 1. The number of hydrogen-bond donors (Lipinski definition) is 1. The average Bonchev–Trinajstić information content (AvgIpc) is 3.12. The molecule has 2 atom stereocenters. The molecule has 7 nitrogen and oxygen atoms in total. The molecule has 0 radical (unpaired) electrons. The van der Waals surface area contributed by atoms with E-state index in [1.807, 2.05) is 0 Å². The van der Waals surface area contributed by atoms with Gasteiger partial charge in [0, 0.05) is 33.2 Å². The van der Waals surface area contributed by atoms with E-state index in [1.165, 1.54) is 22.9 Å². The van der Waals surface area contributed by atoms with Gasteiger partial charge >= 0.3 is 0 Å². The molecule has 0 spiro atoms. The highest BCUT2D eigenvalue weighted by Gasteiger charge is 2.30. The Kier molecular flexibility index (Phi) is 6.62. The molecule has 2 fully saturated rings. The highest BCUT2D eigenvalue weighted by molar-refractivity contribution is 7.88. The van der Waals surface area contributed by atoms with Gasteiger partial charge in [0.25, 0.3) is 0 Å². The van der Waals surface area contributed by atoms with Crippen LogP contribution in [0, 0.1) is 19.8 Å². The van der Waals surface area contributed by atoms with Crippen molar-refractivity contribution >= 4 is 16.0 Å². The molecule has 0 bridgehead atoms. The van der Waals surface area contributed by atoms with Crippen LogP contribution in [0.1, 0.15) is 29.2 Å². The van der Waals surface area contributed by atoms with E-state index in [-0.39, 0.29) is 6.10 Å². The molecular formula is C20H32N4O3S. The molecule has 28 heavy (non-hydrogen) atoms. The maximum atomic E-state index is 11.7. The first-order chi connectivity index (χ1) is 13.3. The minimum Gasteiger partial charge on any atom is -0.370 e. The standard InChI is InChI=1S/C20H32N4O3S/c1-15-5-6-18(16(2)11-15)19-14-23(9-10-27-19)20(21-3)22-12-17-7-8-24(13-17)28(4,25)26/h5-6,11,17,19H,7-10,12-14H2,1-4H3,(H,21,22). The van der Waals surface area contributed by atoms with Gasteiger partial charge in [-0.05, 0) is 37.3 Å². The summed E-state index contributed by atoms with van der Waals surface area (Å²) in [6.45, 7) is 8.35. The van der Waals surface area contributed by atoms with Crippen LogP contribution >= 0.6 is 0 Å². The first kappa shape index (κ1) is 21.1. The third-order valence-corrected chi connectivity index (χ3v) is 6.89. The van der Waals surface area contributed by atoms with Crippen molar-refractivity contribution in [3.8, 4) is 0 Å². The third kappa shape index (κ3) is 5.04. The number of nitrogens with one attached hydrogen (secondary N) is 1. The van der Waals surface area contributed by atoms with Gasteiger partial charge in [-0.2, -0.15) is 0 Å². The first-order valence-electron chi connectivity index (χ1n) is 9.87. The summed E-state index contributed by atoms with van der Waals surface area (Å²) in [4.78, 5) is 6.68. The molecule has 2 saturated heterocycles. The first-order valence-corrected chi connectivity index (χ1v) is 11.7. The zero-order chi connectivity index (χ0) is 20.3. The van der Waals surface area contributed by atoms with Crippen LogP contribution in [0.2, 0.25) is 0 Å². The molecule has 3 rings (SSSR count). The summed E-state index contributed by atoms with van der Waals surface area (Å²) in [5.74, 6) is 1.17. The van der Waals surface area contributed by atoms with Crippen LogP contribution in [-0.4, -0.2) is 76.2 Å². The maximum absolute atomic E-state index is 11.7. The topological polar surface area (TPSA) is 74.2 Å². The van der Waals surface area contributed by atoms with E-state index in [0.29, 0.717) is 25.6 Å². The fourth-order valence-corrected chi connectivity index (χ4v) is 4.97. The molecule has 2 aliphatic heterocycles. The number of sulfonamides is 1. The van der Waals surface area contributed by atoms with Gasteiger partial charge in [-0.15, -0.1) is 0 Å². The monoisotopic (exact) mass is 408 g/mol. The molecule has 1 aromatic rings.